The number of carbonyl (C=O) groups is 2. The minimum Gasteiger partial charge on any atom is -0.497 e. The molecule has 0 bridgehead atoms. The average molecular weight is 354 g/mol. The highest BCUT2D eigenvalue weighted by Gasteiger charge is 2.15. The molecule has 1 heterocycles. The Labute approximate surface area is 150 Å². The molecule has 2 amide bonds. The van der Waals surface area contributed by atoms with E-state index < -0.39 is 11.8 Å². The number of ether oxygens (including phenoxy) is 3. The number of methoxy groups -OCH3 is 1. The molecule has 0 fully saturated rings. The maximum atomic E-state index is 12.1. The number of hydrogen-bond donors (Lipinski definition) is 2. The lowest BCUT2D eigenvalue weighted by atomic mass is 10.2. The first-order chi connectivity index (χ1) is 12.7. The van der Waals surface area contributed by atoms with Gasteiger partial charge >= 0.3 is 0 Å². The average Bonchev–Trinajstić information content (AvgIpc) is 2.70. The van der Waals surface area contributed by atoms with Crippen LogP contribution in [0.15, 0.2) is 48.5 Å². The normalized spacial score (nSPS) is 12.5. The van der Waals surface area contributed by atoms with E-state index in [0.29, 0.717) is 30.3 Å². The first kappa shape index (κ1) is 17.3. The van der Waals surface area contributed by atoms with E-state index in [9.17, 15) is 9.59 Å². The van der Waals surface area contributed by atoms with Crippen molar-refractivity contribution in [1.82, 2.24) is 10.9 Å². The molecule has 1 aliphatic rings. The SMILES string of the molecule is COc1ccc(/C=C/C(=O)NNC(=O)c2ccc3c(c2)OCCO3)cc1. The van der Waals surface area contributed by atoms with Gasteiger partial charge < -0.3 is 14.2 Å². The van der Waals surface area contributed by atoms with Gasteiger partial charge in [0.1, 0.15) is 19.0 Å². The fourth-order valence-corrected chi connectivity index (χ4v) is 2.30. The molecule has 2 aromatic rings. The number of hydrogen-bond acceptors (Lipinski definition) is 5. The second-order valence-corrected chi connectivity index (χ2v) is 5.41. The molecule has 134 valence electrons. The molecule has 1 aliphatic heterocycles. The van der Waals surface area contributed by atoms with Gasteiger partial charge in [-0.1, -0.05) is 12.1 Å². The molecule has 0 unspecified atom stereocenters. The number of nitrogens with one attached hydrogen (secondary N) is 2. The van der Waals surface area contributed by atoms with Gasteiger partial charge in [-0.05, 0) is 42.0 Å². The molecule has 26 heavy (non-hydrogen) atoms. The number of carbonyl (C=O) groups excluding carboxylic acids is 2. The predicted octanol–water partition coefficient (Wildman–Crippen LogP) is 1.94. The van der Waals surface area contributed by atoms with Crippen LogP contribution in [-0.4, -0.2) is 32.1 Å². The Kier molecular flexibility index (Phi) is 5.38. The number of hydrazine groups is 1. The summed E-state index contributed by atoms with van der Waals surface area (Å²) in [5, 5.41) is 0. The molecule has 0 spiro atoms. The summed E-state index contributed by atoms with van der Waals surface area (Å²) in [6, 6.07) is 12.1. The summed E-state index contributed by atoms with van der Waals surface area (Å²) < 4.78 is 15.9. The van der Waals surface area contributed by atoms with Crippen LogP contribution in [0.1, 0.15) is 15.9 Å². The molecule has 7 heteroatoms. The quantitative estimate of drug-likeness (QED) is 0.647. The van der Waals surface area contributed by atoms with Crippen molar-refractivity contribution in [1.29, 1.82) is 0 Å². The van der Waals surface area contributed by atoms with Gasteiger partial charge in [-0.3, -0.25) is 20.4 Å². The Bertz CT molecular complexity index is 830. The Morgan fingerprint density at radius 1 is 1.00 bits per heavy atom. The van der Waals surface area contributed by atoms with Crippen molar-refractivity contribution in [3.63, 3.8) is 0 Å². The van der Waals surface area contributed by atoms with E-state index >= 15 is 0 Å². The van der Waals surface area contributed by atoms with Crippen molar-refractivity contribution < 1.29 is 23.8 Å². The summed E-state index contributed by atoms with van der Waals surface area (Å²) in [7, 11) is 1.59. The van der Waals surface area contributed by atoms with Crippen LogP contribution in [0.3, 0.4) is 0 Å². The van der Waals surface area contributed by atoms with Gasteiger partial charge in [-0.25, -0.2) is 0 Å². The van der Waals surface area contributed by atoms with E-state index in [0.717, 1.165) is 11.3 Å². The highest BCUT2D eigenvalue weighted by atomic mass is 16.6. The first-order valence-electron chi connectivity index (χ1n) is 7.98. The molecule has 0 aromatic heterocycles. The fraction of sp³-hybridized carbons (Fsp3) is 0.158. The monoisotopic (exact) mass is 354 g/mol. The molecular weight excluding hydrogens is 336 g/mol. The highest BCUT2D eigenvalue weighted by molar-refractivity contribution is 5.98. The third-order valence-electron chi connectivity index (χ3n) is 3.65. The summed E-state index contributed by atoms with van der Waals surface area (Å²) in [6.07, 6.45) is 2.96. The third-order valence-corrected chi connectivity index (χ3v) is 3.65. The van der Waals surface area contributed by atoms with Crippen LogP contribution in [-0.2, 0) is 4.79 Å². The summed E-state index contributed by atoms with van der Waals surface area (Å²) in [4.78, 5) is 23.9. The van der Waals surface area contributed by atoms with Gasteiger partial charge in [0.05, 0.1) is 7.11 Å². The number of amides is 2. The van der Waals surface area contributed by atoms with E-state index in [1.54, 1.807) is 43.5 Å². The van der Waals surface area contributed by atoms with Gasteiger partial charge in [0, 0.05) is 11.6 Å². The zero-order chi connectivity index (χ0) is 18.4. The predicted molar refractivity (Wildman–Crippen MR) is 95.1 cm³/mol. The summed E-state index contributed by atoms with van der Waals surface area (Å²) >= 11 is 0. The van der Waals surface area contributed by atoms with Gasteiger partial charge in [0.15, 0.2) is 11.5 Å². The molecule has 7 nitrogen and oxygen atoms in total. The Morgan fingerprint density at radius 3 is 2.46 bits per heavy atom. The lowest BCUT2D eigenvalue weighted by molar-refractivity contribution is -0.117. The van der Waals surface area contributed by atoms with E-state index in [2.05, 4.69) is 10.9 Å². The van der Waals surface area contributed by atoms with Crippen LogP contribution in [0, 0.1) is 0 Å². The van der Waals surface area contributed by atoms with Crippen LogP contribution in [0.5, 0.6) is 17.2 Å². The van der Waals surface area contributed by atoms with Crippen LogP contribution in [0.2, 0.25) is 0 Å². The standard InChI is InChI=1S/C19H18N2O5/c1-24-15-6-2-13(3-7-15)4-9-18(22)20-21-19(23)14-5-8-16-17(12-14)26-11-10-25-16/h2-9,12H,10-11H2,1H3,(H,20,22)(H,21,23)/b9-4+. The Morgan fingerprint density at radius 2 is 1.73 bits per heavy atom. The molecule has 0 aliphatic carbocycles. The second kappa shape index (κ2) is 8.06. The van der Waals surface area contributed by atoms with E-state index in [-0.39, 0.29) is 0 Å². The van der Waals surface area contributed by atoms with Crippen molar-refractivity contribution in [3.05, 3.63) is 59.7 Å². The number of rotatable bonds is 4. The number of fused-ring (bicyclic) bond motifs is 1. The minimum absolute atomic E-state index is 0.355. The van der Waals surface area contributed by atoms with E-state index in [1.165, 1.54) is 6.08 Å². The highest BCUT2D eigenvalue weighted by Crippen LogP contribution is 2.30. The number of benzene rings is 2. The van der Waals surface area contributed by atoms with Gasteiger partial charge in [0.25, 0.3) is 11.8 Å². The van der Waals surface area contributed by atoms with E-state index in [1.807, 2.05) is 12.1 Å². The molecule has 0 saturated heterocycles. The van der Waals surface area contributed by atoms with Gasteiger partial charge in [0.2, 0.25) is 0 Å². The van der Waals surface area contributed by atoms with Crippen LogP contribution >= 0.6 is 0 Å². The lowest BCUT2D eigenvalue weighted by Gasteiger charge is -2.18. The van der Waals surface area contributed by atoms with Gasteiger partial charge in [-0.2, -0.15) is 0 Å². The van der Waals surface area contributed by atoms with Crippen LogP contribution in [0.4, 0.5) is 0 Å². The zero-order valence-electron chi connectivity index (χ0n) is 14.2. The summed E-state index contributed by atoms with van der Waals surface area (Å²) in [5.74, 6) is 0.937. The van der Waals surface area contributed by atoms with Crippen molar-refractivity contribution in [2.24, 2.45) is 0 Å². The minimum atomic E-state index is -0.452. The zero-order valence-corrected chi connectivity index (χ0v) is 14.2. The molecule has 2 aromatic carbocycles. The molecule has 3 rings (SSSR count). The fourth-order valence-electron chi connectivity index (χ4n) is 2.30. The lowest BCUT2D eigenvalue weighted by Crippen LogP contribution is -2.40. The molecule has 2 N–H and O–H groups in total. The van der Waals surface area contributed by atoms with Crippen LogP contribution in [0.25, 0.3) is 6.08 Å². The maximum Gasteiger partial charge on any atom is 0.269 e. The molecule has 0 radical (unpaired) electrons. The van der Waals surface area contributed by atoms with Crippen molar-refractivity contribution in [2.75, 3.05) is 20.3 Å². The van der Waals surface area contributed by atoms with Crippen molar-refractivity contribution in [2.45, 2.75) is 0 Å². The van der Waals surface area contributed by atoms with E-state index in [4.69, 9.17) is 14.2 Å². The third kappa shape index (κ3) is 4.32. The van der Waals surface area contributed by atoms with Crippen molar-refractivity contribution >= 4 is 17.9 Å². The molecule has 0 saturated carbocycles. The smallest absolute Gasteiger partial charge is 0.269 e. The second-order valence-electron chi connectivity index (χ2n) is 5.41. The summed E-state index contributed by atoms with van der Waals surface area (Å²) in [5.41, 5.74) is 5.87. The maximum absolute atomic E-state index is 12.1. The van der Waals surface area contributed by atoms with Gasteiger partial charge in [-0.15, -0.1) is 0 Å². The Hall–Kier alpha value is -3.48. The molecule has 0 atom stereocenters. The largest absolute Gasteiger partial charge is 0.497 e. The van der Waals surface area contributed by atoms with Crippen molar-refractivity contribution in [3.8, 4) is 17.2 Å². The summed E-state index contributed by atoms with van der Waals surface area (Å²) in [6.45, 7) is 0.917. The van der Waals surface area contributed by atoms with Crippen LogP contribution < -0.4 is 25.1 Å². The topological polar surface area (TPSA) is 85.9 Å². The Balaban J connectivity index is 1.53. The molecular formula is C19H18N2O5. The first-order valence-corrected chi connectivity index (χ1v) is 7.98.